The molecule has 1 aromatic carbocycles. The number of amides is 1. The Morgan fingerprint density at radius 3 is 2.38 bits per heavy atom. The molecule has 128 valence electrons. The third-order valence-electron chi connectivity index (χ3n) is 3.79. The molecule has 1 amide bonds. The minimum Gasteiger partial charge on any atom is -0.348 e. The molecule has 24 heavy (non-hydrogen) atoms. The number of aryl methyl sites for hydroxylation is 2. The van der Waals surface area contributed by atoms with Crippen molar-refractivity contribution in [3.05, 3.63) is 58.4 Å². The van der Waals surface area contributed by atoms with Crippen molar-refractivity contribution in [1.29, 1.82) is 0 Å². The largest absolute Gasteiger partial charge is 0.348 e. The van der Waals surface area contributed by atoms with Crippen molar-refractivity contribution >= 4 is 12.0 Å². The van der Waals surface area contributed by atoms with Crippen LogP contribution in [-0.2, 0) is 11.3 Å². The van der Waals surface area contributed by atoms with Crippen LogP contribution in [0.15, 0.2) is 30.3 Å². The lowest BCUT2D eigenvalue weighted by Crippen LogP contribution is -2.39. The van der Waals surface area contributed by atoms with Gasteiger partial charge in [-0.1, -0.05) is 29.8 Å². The summed E-state index contributed by atoms with van der Waals surface area (Å²) in [6.45, 7) is 12.7. The molecule has 4 heteroatoms. The summed E-state index contributed by atoms with van der Waals surface area (Å²) in [6, 6.07) is 8.47. The first kappa shape index (κ1) is 18.0. The molecule has 4 nitrogen and oxygen atoms in total. The molecule has 2 rings (SSSR count). The van der Waals surface area contributed by atoms with Crippen LogP contribution in [0.5, 0.6) is 0 Å². The van der Waals surface area contributed by atoms with E-state index in [9.17, 15) is 4.79 Å². The highest BCUT2D eigenvalue weighted by Crippen LogP contribution is 2.17. The molecular formula is C20H27N3O. The van der Waals surface area contributed by atoms with Crippen LogP contribution >= 0.6 is 0 Å². The average Bonchev–Trinajstić information content (AvgIpc) is 2.72. The molecule has 0 atom stereocenters. The fourth-order valence-electron chi connectivity index (χ4n) is 2.54. The van der Waals surface area contributed by atoms with Crippen molar-refractivity contribution in [1.82, 2.24) is 15.1 Å². The molecular weight excluding hydrogens is 298 g/mol. The summed E-state index contributed by atoms with van der Waals surface area (Å²) in [7, 11) is 0. The maximum atomic E-state index is 12.0. The van der Waals surface area contributed by atoms with Crippen LogP contribution < -0.4 is 5.32 Å². The SMILES string of the molecule is Cc1ccc(Cn2nc(C)c(/C=C/C(=O)NC(C)(C)C)c2C)cc1. The standard InChI is InChI=1S/C20H27N3O/c1-14-7-9-17(10-8-14)13-23-16(3)18(15(2)22-23)11-12-19(24)21-20(4,5)6/h7-12H,13H2,1-6H3,(H,21,24)/b12-11+. The fourth-order valence-corrected chi connectivity index (χ4v) is 2.54. The van der Waals surface area contributed by atoms with E-state index in [0.29, 0.717) is 0 Å². The predicted molar refractivity (Wildman–Crippen MR) is 98.9 cm³/mol. The third-order valence-corrected chi connectivity index (χ3v) is 3.79. The van der Waals surface area contributed by atoms with Crippen molar-refractivity contribution in [3.63, 3.8) is 0 Å². The number of carbonyl (C=O) groups excluding carboxylic acids is 1. The molecule has 0 aliphatic carbocycles. The van der Waals surface area contributed by atoms with Crippen LogP contribution in [0.4, 0.5) is 0 Å². The Morgan fingerprint density at radius 1 is 1.17 bits per heavy atom. The second-order valence-electron chi connectivity index (χ2n) is 7.30. The maximum absolute atomic E-state index is 12.0. The lowest BCUT2D eigenvalue weighted by atomic mass is 10.1. The number of nitrogens with zero attached hydrogens (tertiary/aromatic N) is 2. The molecule has 0 fully saturated rings. The molecule has 0 saturated carbocycles. The Kier molecular flexibility index (Phi) is 5.27. The monoisotopic (exact) mass is 325 g/mol. The number of carbonyl (C=O) groups is 1. The zero-order chi connectivity index (χ0) is 17.9. The van der Waals surface area contributed by atoms with Crippen LogP contribution in [0.2, 0.25) is 0 Å². The van der Waals surface area contributed by atoms with Gasteiger partial charge < -0.3 is 5.32 Å². The number of aromatic nitrogens is 2. The highest BCUT2D eigenvalue weighted by molar-refractivity contribution is 5.92. The molecule has 0 aliphatic heterocycles. The Balaban J connectivity index is 2.16. The minimum absolute atomic E-state index is 0.0902. The summed E-state index contributed by atoms with van der Waals surface area (Å²) in [5, 5.41) is 7.54. The first-order valence-corrected chi connectivity index (χ1v) is 8.25. The smallest absolute Gasteiger partial charge is 0.244 e. The summed E-state index contributed by atoms with van der Waals surface area (Å²) >= 11 is 0. The Bertz CT molecular complexity index is 746. The minimum atomic E-state index is -0.235. The Labute approximate surface area is 144 Å². The van der Waals surface area contributed by atoms with Gasteiger partial charge >= 0.3 is 0 Å². The molecule has 0 saturated heterocycles. The molecule has 0 aliphatic rings. The molecule has 0 spiro atoms. The van der Waals surface area contributed by atoms with Crippen molar-refractivity contribution in [3.8, 4) is 0 Å². The van der Waals surface area contributed by atoms with Gasteiger partial charge in [0.05, 0.1) is 12.2 Å². The van der Waals surface area contributed by atoms with Crippen molar-refractivity contribution < 1.29 is 4.79 Å². The first-order valence-electron chi connectivity index (χ1n) is 8.25. The van der Waals surface area contributed by atoms with Crippen LogP contribution in [0.1, 0.15) is 48.8 Å². The molecule has 1 N–H and O–H groups in total. The number of hydrogen-bond donors (Lipinski definition) is 1. The topological polar surface area (TPSA) is 46.9 Å². The number of nitrogens with one attached hydrogen (secondary N) is 1. The maximum Gasteiger partial charge on any atom is 0.244 e. The van der Waals surface area contributed by atoms with Crippen LogP contribution in [0.25, 0.3) is 6.08 Å². The molecule has 0 unspecified atom stereocenters. The lowest BCUT2D eigenvalue weighted by Gasteiger charge is -2.18. The van der Waals surface area contributed by atoms with Gasteiger partial charge in [-0.25, -0.2) is 0 Å². The van der Waals surface area contributed by atoms with E-state index in [1.807, 2.05) is 45.4 Å². The summed E-state index contributed by atoms with van der Waals surface area (Å²) in [5.41, 5.74) is 5.23. The molecule has 0 radical (unpaired) electrons. The van der Waals surface area contributed by atoms with E-state index in [0.717, 1.165) is 23.5 Å². The first-order chi connectivity index (χ1) is 11.2. The second kappa shape index (κ2) is 7.04. The van der Waals surface area contributed by atoms with Gasteiger partial charge in [0.1, 0.15) is 0 Å². The number of hydrogen-bond acceptors (Lipinski definition) is 2. The van der Waals surface area contributed by atoms with Crippen LogP contribution in [0, 0.1) is 20.8 Å². The molecule has 1 heterocycles. The molecule has 2 aromatic rings. The van der Waals surface area contributed by atoms with Gasteiger partial charge in [0.2, 0.25) is 5.91 Å². The lowest BCUT2D eigenvalue weighted by molar-refractivity contribution is -0.117. The zero-order valence-corrected chi connectivity index (χ0v) is 15.5. The van der Waals surface area contributed by atoms with E-state index in [1.165, 1.54) is 11.1 Å². The third kappa shape index (κ3) is 4.82. The van der Waals surface area contributed by atoms with Crippen molar-refractivity contribution in [2.45, 2.75) is 53.6 Å². The predicted octanol–water partition coefficient (Wildman–Crippen LogP) is 3.78. The molecule has 1 aromatic heterocycles. The van der Waals surface area contributed by atoms with Gasteiger partial charge in [-0.3, -0.25) is 9.48 Å². The fraction of sp³-hybridized carbons (Fsp3) is 0.400. The van der Waals surface area contributed by atoms with Gasteiger partial charge in [-0.15, -0.1) is 0 Å². The zero-order valence-electron chi connectivity index (χ0n) is 15.5. The number of benzene rings is 1. The van der Waals surface area contributed by atoms with E-state index in [1.54, 1.807) is 6.08 Å². The van der Waals surface area contributed by atoms with Crippen molar-refractivity contribution in [2.75, 3.05) is 0 Å². The average molecular weight is 325 g/mol. The highest BCUT2D eigenvalue weighted by Gasteiger charge is 2.13. The van der Waals surface area contributed by atoms with Gasteiger partial charge in [-0.05, 0) is 53.2 Å². The van der Waals surface area contributed by atoms with E-state index >= 15 is 0 Å². The van der Waals surface area contributed by atoms with Gasteiger partial charge in [-0.2, -0.15) is 5.10 Å². The van der Waals surface area contributed by atoms with Crippen LogP contribution in [0.3, 0.4) is 0 Å². The summed E-state index contributed by atoms with van der Waals surface area (Å²) in [5.74, 6) is -0.0902. The highest BCUT2D eigenvalue weighted by atomic mass is 16.1. The van der Waals surface area contributed by atoms with Gasteiger partial charge in [0.15, 0.2) is 0 Å². The summed E-state index contributed by atoms with van der Waals surface area (Å²) < 4.78 is 1.99. The van der Waals surface area contributed by atoms with E-state index in [2.05, 4.69) is 41.6 Å². The number of rotatable bonds is 4. The van der Waals surface area contributed by atoms with Crippen LogP contribution in [-0.4, -0.2) is 21.2 Å². The Hall–Kier alpha value is -2.36. The molecule has 0 bridgehead atoms. The van der Waals surface area contributed by atoms with Gasteiger partial charge in [0.25, 0.3) is 0 Å². The summed E-state index contributed by atoms with van der Waals surface area (Å²) in [4.78, 5) is 12.0. The van der Waals surface area contributed by atoms with Gasteiger partial charge in [0, 0.05) is 22.9 Å². The van der Waals surface area contributed by atoms with Crippen molar-refractivity contribution in [2.24, 2.45) is 0 Å². The second-order valence-corrected chi connectivity index (χ2v) is 7.30. The van der Waals surface area contributed by atoms with E-state index < -0.39 is 0 Å². The van der Waals surface area contributed by atoms with E-state index in [4.69, 9.17) is 0 Å². The van der Waals surface area contributed by atoms with E-state index in [-0.39, 0.29) is 11.4 Å². The summed E-state index contributed by atoms with van der Waals surface area (Å²) in [6.07, 6.45) is 3.43. The quantitative estimate of drug-likeness (QED) is 0.870. The normalized spacial score (nSPS) is 11.9. The Morgan fingerprint density at radius 2 is 1.79 bits per heavy atom.